The number of benzene rings is 9. The maximum absolute atomic E-state index is 5.18. The van der Waals surface area contributed by atoms with Crippen molar-refractivity contribution >= 4 is 54.1 Å². The lowest BCUT2D eigenvalue weighted by Gasteiger charge is -2.16. The van der Waals surface area contributed by atoms with Gasteiger partial charge in [-0.1, -0.05) is 178 Å². The van der Waals surface area contributed by atoms with Crippen LogP contribution in [-0.2, 0) is 0 Å². The first kappa shape index (κ1) is 34.2. The van der Waals surface area contributed by atoms with E-state index in [1.54, 1.807) is 0 Å². The molecule has 0 aliphatic carbocycles. The van der Waals surface area contributed by atoms with Gasteiger partial charge >= 0.3 is 0 Å². The van der Waals surface area contributed by atoms with Gasteiger partial charge in [-0.3, -0.25) is 0 Å². The summed E-state index contributed by atoms with van der Waals surface area (Å²) < 4.78 is 2.40. The summed E-state index contributed by atoms with van der Waals surface area (Å²) in [7, 11) is 0. The van der Waals surface area contributed by atoms with E-state index < -0.39 is 0 Å². The lowest BCUT2D eigenvalue weighted by Crippen LogP contribution is -1.96. The highest BCUT2D eigenvalue weighted by Crippen LogP contribution is 2.43. The molecule has 0 unspecified atom stereocenters. The monoisotopic (exact) mass is 729 g/mol. The smallest absolute Gasteiger partial charge is 0.160 e. The van der Waals surface area contributed by atoms with Gasteiger partial charge in [0.05, 0.1) is 22.4 Å². The van der Waals surface area contributed by atoms with Crippen LogP contribution >= 0.6 is 0 Å². The fraction of sp³-hybridized carbons (Fsp3) is 0.0370. The Hall–Kier alpha value is -7.36. The third kappa shape index (κ3) is 5.84. The lowest BCUT2D eigenvalue weighted by atomic mass is 9.88. The van der Waals surface area contributed by atoms with E-state index in [9.17, 15) is 0 Å². The van der Waals surface area contributed by atoms with Crippen LogP contribution in [0.4, 0.5) is 0 Å². The molecule has 0 saturated heterocycles. The van der Waals surface area contributed by atoms with Crippen LogP contribution in [0.15, 0.2) is 200 Å². The van der Waals surface area contributed by atoms with Crippen molar-refractivity contribution in [3.05, 3.63) is 200 Å². The van der Waals surface area contributed by atoms with Gasteiger partial charge in [0.1, 0.15) is 0 Å². The summed E-state index contributed by atoms with van der Waals surface area (Å²) in [5.74, 6) is 0.714. The van der Waals surface area contributed by atoms with Crippen LogP contribution in [0.1, 0.15) is 13.8 Å². The van der Waals surface area contributed by atoms with Gasteiger partial charge < -0.3 is 4.57 Å². The SMILES string of the molecule is CC.c1ccc(-c2cc(-c3ccc4c(c3)c3ccccc3c3cccc(-c5ccc6c7ccccc7n(-c7ccccc7)c6c5)c34)nc(-c3ccccc3)n2)cc1. The van der Waals surface area contributed by atoms with E-state index in [0.29, 0.717) is 5.82 Å². The summed E-state index contributed by atoms with van der Waals surface area (Å²) in [6.07, 6.45) is 0. The average Bonchev–Trinajstić information content (AvgIpc) is 3.64. The second-order valence-electron chi connectivity index (χ2n) is 14.1. The average molecular weight is 730 g/mol. The summed E-state index contributed by atoms with van der Waals surface area (Å²) >= 11 is 0. The van der Waals surface area contributed by atoms with E-state index >= 15 is 0 Å². The van der Waals surface area contributed by atoms with Crippen molar-refractivity contribution in [1.82, 2.24) is 14.5 Å². The number of para-hydroxylation sites is 2. The molecule has 11 aromatic rings. The van der Waals surface area contributed by atoms with Crippen LogP contribution < -0.4 is 0 Å². The van der Waals surface area contributed by atoms with E-state index in [2.05, 4.69) is 180 Å². The van der Waals surface area contributed by atoms with Gasteiger partial charge in [-0.15, -0.1) is 0 Å². The molecule has 0 N–H and O–H groups in total. The molecule has 3 heteroatoms. The van der Waals surface area contributed by atoms with Crippen molar-refractivity contribution in [1.29, 1.82) is 0 Å². The summed E-state index contributed by atoms with van der Waals surface area (Å²) in [6, 6.07) is 71.6. The molecule has 0 saturated carbocycles. The van der Waals surface area contributed by atoms with E-state index in [1.807, 2.05) is 38.1 Å². The Bertz CT molecular complexity index is 3180. The lowest BCUT2D eigenvalue weighted by molar-refractivity contribution is 1.18. The Morgan fingerprint density at radius 1 is 0.333 bits per heavy atom. The largest absolute Gasteiger partial charge is 0.309 e. The number of hydrogen-bond donors (Lipinski definition) is 0. The third-order valence-corrected chi connectivity index (χ3v) is 11.0. The number of hydrogen-bond acceptors (Lipinski definition) is 2. The molecule has 0 bridgehead atoms. The normalized spacial score (nSPS) is 11.3. The molecule has 2 aromatic heterocycles. The van der Waals surface area contributed by atoms with E-state index in [-0.39, 0.29) is 0 Å². The van der Waals surface area contributed by atoms with Crippen molar-refractivity contribution in [2.75, 3.05) is 0 Å². The minimum Gasteiger partial charge on any atom is -0.309 e. The van der Waals surface area contributed by atoms with Gasteiger partial charge in [0.15, 0.2) is 5.82 Å². The Morgan fingerprint density at radius 2 is 0.860 bits per heavy atom. The molecule has 0 fully saturated rings. The van der Waals surface area contributed by atoms with Crippen LogP contribution in [0.5, 0.6) is 0 Å². The minimum atomic E-state index is 0.714. The van der Waals surface area contributed by atoms with E-state index in [4.69, 9.17) is 9.97 Å². The van der Waals surface area contributed by atoms with E-state index in [0.717, 1.165) is 33.8 Å². The fourth-order valence-corrected chi connectivity index (χ4v) is 8.47. The number of nitrogens with zero attached hydrogens (tertiary/aromatic N) is 3. The Labute approximate surface area is 332 Å². The Kier molecular flexibility index (Phi) is 8.61. The van der Waals surface area contributed by atoms with Gasteiger partial charge in [-0.25, -0.2) is 9.97 Å². The molecular weight excluding hydrogens is 691 g/mol. The molecule has 57 heavy (non-hydrogen) atoms. The first-order chi connectivity index (χ1) is 28.3. The van der Waals surface area contributed by atoms with Gasteiger partial charge in [0, 0.05) is 33.2 Å². The molecule has 3 nitrogen and oxygen atoms in total. The molecule has 0 spiro atoms. The zero-order valence-corrected chi connectivity index (χ0v) is 31.9. The van der Waals surface area contributed by atoms with Crippen molar-refractivity contribution < 1.29 is 0 Å². The molecule has 9 aromatic carbocycles. The summed E-state index contributed by atoms with van der Waals surface area (Å²) in [4.78, 5) is 10.2. The second kappa shape index (κ2) is 14.4. The van der Waals surface area contributed by atoms with Crippen molar-refractivity contribution in [3.8, 4) is 50.7 Å². The van der Waals surface area contributed by atoms with Crippen LogP contribution in [-0.4, -0.2) is 14.5 Å². The number of fused-ring (bicyclic) bond motifs is 9. The quantitative estimate of drug-likeness (QED) is 0.165. The zero-order chi connectivity index (χ0) is 38.3. The first-order valence-corrected chi connectivity index (χ1v) is 19.7. The standard InChI is InChI=1S/C52H33N3.C2H6/c1-4-15-34(16-5-1)47-33-48(54-52(53-47)35-17-6-2-7-18-35)37-28-30-45-46(31-37)41-22-11-10-21-40(41)44-25-14-24-39(51(44)45)36-27-29-43-42-23-12-13-26-49(42)55(50(43)32-36)38-19-8-3-9-20-38;1-2/h1-33H;1-2H3. The first-order valence-electron chi connectivity index (χ1n) is 19.7. The molecule has 0 radical (unpaired) electrons. The van der Waals surface area contributed by atoms with Crippen molar-refractivity contribution in [3.63, 3.8) is 0 Å². The maximum atomic E-state index is 5.18. The molecule has 0 aliphatic heterocycles. The minimum absolute atomic E-state index is 0.714. The summed E-state index contributed by atoms with van der Waals surface area (Å²) in [5, 5.41) is 9.89. The second-order valence-corrected chi connectivity index (χ2v) is 14.1. The summed E-state index contributed by atoms with van der Waals surface area (Å²) in [6.45, 7) is 4.00. The highest BCUT2D eigenvalue weighted by molar-refractivity contribution is 6.29. The highest BCUT2D eigenvalue weighted by Gasteiger charge is 2.18. The molecule has 270 valence electrons. The van der Waals surface area contributed by atoms with E-state index in [1.165, 1.54) is 65.3 Å². The van der Waals surface area contributed by atoms with Crippen molar-refractivity contribution in [2.45, 2.75) is 13.8 Å². The summed E-state index contributed by atoms with van der Waals surface area (Å²) in [5.41, 5.74) is 10.9. The van der Waals surface area contributed by atoms with Crippen LogP contribution in [0.25, 0.3) is 105 Å². The van der Waals surface area contributed by atoms with Gasteiger partial charge in [-0.2, -0.15) is 0 Å². The maximum Gasteiger partial charge on any atom is 0.160 e. The predicted octanol–water partition coefficient (Wildman–Crippen LogP) is 14.7. The molecule has 0 aliphatic rings. The fourth-order valence-electron chi connectivity index (χ4n) is 8.47. The number of aromatic nitrogens is 3. The Balaban J connectivity index is 0.00000195. The molecular formula is C54H39N3. The zero-order valence-electron chi connectivity index (χ0n) is 31.9. The van der Waals surface area contributed by atoms with Crippen LogP contribution in [0.2, 0.25) is 0 Å². The number of rotatable bonds is 5. The van der Waals surface area contributed by atoms with Crippen LogP contribution in [0, 0.1) is 0 Å². The predicted molar refractivity (Wildman–Crippen MR) is 242 cm³/mol. The molecule has 2 heterocycles. The third-order valence-electron chi connectivity index (χ3n) is 11.0. The molecule has 11 rings (SSSR count). The van der Waals surface area contributed by atoms with Crippen molar-refractivity contribution in [2.24, 2.45) is 0 Å². The topological polar surface area (TPSA) is 30.7 Å². The van der Waals surface area contributed by atoms with Gasteiger partial charge in [0.25, 0.3) is 0 Å². The van der Waals surface area contributed by atoms with Crippen LogP contribution in [0.3, 0.4) is 0 Å². The Morgan fingerprint density at radius 3 is 1.60 bits per heavy atom. The van der Waals surface area contributed by atoms with Gasteiger partial charge in [-0.05, 0) is 79.8 Å². The van der Waals surface area contributed by atoms with Gasteiger partial charge in [0.2, 0.25) is 0 Å². The molecule has 0 atom stereocenters. The highest BCUT2D eigenvalue weighted by atomic mass is 15.0. The molecule has 0 amide bonds.